The average molecular weight is 288 g/mol. The number of rotatable bonds is 4. The first-order valence-electron chi connectivity index (χ1n) is 6.16. The SMILES string of the molecule is CC(=O)OCc1ccccc1N=Cc1ccc(Cl)cc1. The van der Waals surface area contributed by atoms with Crippen LogP contribution in [0.1, 0.15) is 18.1 Å². The minimum absolute atomic E-state index is 0.226. The Balaban J connectivity index is 2.16. The summed E-state index contributed by atoms with van der Waals surface area (Å²) in [5.74, 6) is -0.304. The molecule has 2 aromatic rings. The van der Waals surface area contributed by atoms with E-state index in [0.717, 1.165) is 16.8 Å². The van der Waals surface area contributed by atoms with Gasteiger partial charge in [-0.2, -0.15) is 0 Å². The van der Waals surface area contributed by atoms with Crippen molar-refractivity contribution >= 4 is 29.5 Å². The van der Waals surface area contributed by atoms with Crippen LogP contribution >= 0.6 is 11.6 Å². The Morgan fingerprint density at radius 3 is 2.60 bits per heavy atom. The molecule has 0 spiro atoms. The van der Waals surface area contributed by atoms with E-state index in [-0.39, 0.29) is 12.6 Å². The standard InChI is InChI=1S/C16H14ClNO2/c1-12(19)20-11-14-4-2-3-5-16(14)18-10-13-6-8-15(17)9-7-13/h2-10H,11H2,1H3. The summed E-state index contributed by atoms with van der Waals surface area (Å²) in [5.41, 5.74) is 2.60. The number of ether oxygens (including phenoxy) is 1. The Morgan fingerprint density at radius 1 is 1.20 bits per heavy atom. The lowest BCUT2D eigenvalue weighted by Crippen LogP contribution is -1.98. The third-order valence-corrected chi connectivity index (χ3v) is 2.90. The maximum atomic E-state index is 10.9. The predicted molar refractivity (Wildman–Crippen MR) is 80.6 cm³/mol. The molecule has 0 aliphatic heterocycles. The third-order valence-electron chi connectivity index (χ3n) is 2.65. The lowest BCUT2D eigenvalue weighted by Gasteiger charge is -2.05. The van der Waals surface area contributed by atoms with Crippen molar-refractivity contribution < 1.29 is 9.53 Å². The van der Waals surface area contributed by atoms with Crippen molar-refractivity contribution in [1.82, 2.24) is 0 Å². The van der Waals surface area contributed by atoms with Crippen molar-refractivity contribution in [3.63, 3.8) is 0 Å². The highest BCUT2D eigenvalue weighted by Gasteiger charge is 2.02. The Hall–Kier alpha value is -2.13. The smallest absolute Gasteiger partial charge is 0.302 e. The molecule has 0 aliphatic carbocycles. The van der Waals surface area contributed by atoms with Crippen LogP contribution in [0.3, 0.4) is 0 Å². The molecule has 102 valence electrons. The van der Waals surface area contributed by atoms with Crippen molar-refractivity contribution in [2.75, 3.05) is 0 Å². The molecule has 0 amide bonds. The first-order valence-corrected chi connectivity index (χ1v) is 6.54. The zero-order chi connectivity index (χ0) is 14.4. The van der Waals surface area contributed by atoms with Crippen LogP contribution in [0.4, 0.5) is 5.69 Å². The average Bonchev–Trinajstić information content (AvgIpc) is 2.45. The monoisotopic (exact) mass is 287 g/mol. The van der Waals surface area contributed by atoms with Gasteiger partial charge in [-0.05, 0) is 23.8 Å². The molecule has 0 radical (unpaired) electrons. The van der Waals surface area contributed by atoms with E-state index in [2.05, 4.69) is 4.99 Å². The number of hydrogen-bond acceptors (Lipinski definition) is 3. The van der Waals surface area contributed by atoms with Gasteiger partial charge in [0, 0.05) is 23.7 Å². The number of carbonyl (C=O) groups is 1. The first-order chi connectivity index (χ1) is 9.65. The fourth-order valence-corrected chi connectivity index (χ4v) is 1.76. The molecule has 0 aliphatic rings. The van der Waals surface area contributed by atoms with Crippen molar-refractivity contribution in [1.29, 1.82) is 0 Å². The molecule has 0 saturated heterocycles. The lowest BCUT2D eigenvalue weighted by molar-refractivity contribution is -0.142. The van der Waals surface area contributed by atoms with Crippen LogP contribution < -0.4 is 0 Å². The Labute approximate surface area is 122 Å². The second kappa shape index (κ2) is 6.87. The topological polar surface area (TPSA) is 38.7 Å². The maximum absolute atomic E-state index is 10.9. The highest BCUT2D eigenvalue weighted by molar-refractivity contribution is 6.30. The van der Waals surface area contributed by atoms with Gasteiger partial charge in [-0.3, -0.25) is 9.79 Å². The second-order valence-corrected chi connectivity index (χ2v) is 4.66. The summed E-state index contributed by atoms with van der Waals surface area (Å²) in [6, 6.07) is 15.0. The minimum atomic E-state index is -0.304. The second-order valence-electron chi connectivity index (χ2n) is 4.22. The van der Waals surface area contributed by atoms with E-state index in [1.807, 2.05) is 48.5 Å². The van der Waals surface area contributed by atoms with Crippen molar-refractivity contribution in [3.8, 4) is 0 Å². The number of benzene rings is 2. The van der Waals surface area contributed by atoms with Crippen LogP contribution in [0.2, 0.25) is 5.02 Å². The largest absolute Gasteiger partial charge is 0.461 e. The zero-order valence-corrected chi connectivity index (χ0v) is 11.8. The van der Waals surface area contributed by atoms with E-state index in [1.54, 1.807) is 6.21 Å². The maximum Gasteiger partial charge on any atom is 0.302 e. The van der Waals surface area contributed by atoms with Gasteiger partial charge in [0.15, 0.2) is 0 Å². The molecule has 0 heterocycles. The molecule has 0 bridgehead atoms. The summed E-state index contributed by atoms with van der Waals surface area (Å²) >= 11 is 5.83. The highest BCUT2D eigenvalue weighted by atomic mass is 35.5. The summed E-state index contributed by atoms with van der Waals surface area (Å²) in [6.45, 7) is 1.61. The normalized spacial score (nSPS) is 10.7. The molecule has 2 rings (SSSR count). The van der Waals surface area contributed by atoms with Crippen molar-refractivity contribution in [2.45, 2.75) is 13.5 Å². The highest BCUT2D eigenvalue weighted by Crippen LogP contribution is 2.19. The van der Waals surface area contributed by atoms with Crippen LogP contribution in [0.25, 0.3) is 0 Å². The van der Waals surface area contributed by atoms with Crippen molar-refractivity contribution in [2.24, 2.45) is 4.99 Å². The molecule has 0 fully saturated rings. The lowest BCUT2D eigenvalue weighted by atomic mass is 10.2. The minimum Gasteiger partial charge on any atom is -0.461 e. The number of esters is 1. The van der Waals surface area contributed by atoms with E-state index in [1.165, 1.54) is 6.92 Å². The predicted octanol–water partition coefficient (Wildman–Crippen LogP) is 4.15. The molecular weight excluding hydrogens is 274 g/mol. The Morgan fingerprint density at radius 2 is 1.90 bits per heavy atom. The van der Waals surface area contributed by atoms with E-state index in [4.69, 9.17) is 16.3 Å². The molecule has 0 saturated carbocycles. The van der Waals surface area contributed by atoms with Crippen LogP contribution in [0, 0.1) is 0 Å². The van der Waals surface area contributed by atoms with E-state index < -0.39 is 0 Å². The third kappa shape index (κ3) is 4.21. The molecular formula is C16H14ClNO2. The number of nitrogens with zero attached hydrogens (tertiary/aromatic N) is 1. The molecule has 20 heavy (non-hydrogen) atoms. The number of hydrogen-bond donors (Lipinski definition) is 0. The van der Waals surface area contributed by atoms with Gasteiger partial charge in [-0.25, -0.2) is 0 Å². The quantitative estimate of drug-likeness (QED) is 0.626. The van der Waals surface area contributed by atoms with E-state index >= 15 is 0 Å². The summed E-state index contributed by atoms with van der Waals surface area (Å²) in [5, 5.41) is 0.692. The van der Waals surface area contributed by atoms with Crippen LogP contribution in [-0.4, -0.2) is 12.2 Å². The van der Waals surface area contributed by atoms with Gasteiger partial charge < -0.3 is 4.74 Å². The molecule has 3 nitrogen and oxygen atoms in total. The van der Waals surface area contributed by atoms with E-state index in [9.17, 15) is 4.79 Å². The number of para-hydroxylation sites is 1. The van der Waals surface area contributed by atoms with Crippen LogP contribution in [-0.2, 0) is 16.1 Å². The molecule has 0 atom stereocenters. The fourth-order valence-electron chi connectivity index (χ4n) is 1.63. The van der Waals surface area contributed by atoms with Gasteiger partial charge >= 0.3 is 5.97 Å². The van der Waals surface area contributed by atoms with Gasteiger partial charge in [-0.1, -0.05) is 41.9 Å². The summed E-state index contributed by atoms with van der Waals surface area (Å²) in [6.07, 6.45) is 1.75. The summed E-state index contributed by atoms with van der Waals surface area (Å²) in [4.78, 5) is 15.3. The van der Waals surface area contributed by atoms with Gasteiger partial charge in [0.1, 0.15) is 6.61 Å². The summed E-state index contributed by atoms with van der Waals surface area (Å²) < 4.78 is 5.01. The van der Waals surface area contributed by atoms with Crippen molar-refractivity contribution in [3.05, 3.63) is 64.7 Å². The van der Waals surface area contributed by atoms with Gasteiger partial charge in [0.25, 0.3) is 0 Å². The molecule has 0 N–H and O–H groups in total. The van der Waals surface area contributed by atoms with Crippen LogP contribution in [0.15, 0.2) is 53.5 Å². The molecule has 2 aromatic carbocycles. The Kier molecular flexibility index (Phi) is 4.91. The number of carbonyl (C=O) groups excluding carboxylic acids is 1. The number of halogens is 1. The Bertz CT molecular complexity index is 621. The molecule has 4 heteroatoms. The summed E-state index contributed by atoms with van der Waals surface area (Å²) in [7, 11) is 0. The fraction of sp³-hybridized carbons (Fsp3) is 0.125. The molecule has 0 aromatic heterocycles. The molecule has 0 unspecified atom stereocenters. The first kappa shape index (κ1) is 14.3. The van der Waals surface area contributed by atoms with Crippen LogP contribution in [0.5, 0.6) is 0 Å². The van der Waals surface area contributed by atoms with Gasteiger partial charge in [0.05, 0.1) is 5.69 Å². The van der Waals surface area contributed by atoms with E-state index in [0.29, 0.717) is 5.02 Å². The number of aliphatic imine (C=N–C) groups is 1. The zero-order valence-electron chi connectivity index (χ0n) is 11.0. The van der Waals surface area contributed by atoms with Gasteiger partial charge in [0.2, 0.25) is 0 Å². The van der Waals surface area contributed by atoms with Gasteiger partial charge in [-0.15, -0.1) is 0 Å².